The van der Waals surface area contributed by atoms with Crippen molar-refractivity contribution in [2.24, 2.45) is 0 Å². The first-order valence-electron chi connectivity index (χ1n) is 7.42. The summed E-state index contributed by atoms with van der Waals surface area (Å²) < 4.78 is 11.3. The smallest absolute Gasteiger partial charge is 0.213 e. The summed E-state index contributed by atoms with van der Waals surface area (Å²) in [4.78, 5) is 4.49. The Morgan fingerprint density at radius 2 is 1.90 bits per heavy atom. The van der Waals surface area contributed by atoms with E-state index in [-0.39, 0.29) is 5.60 Å². The van der Waals surface area contributed by atoms with Crippen molar-refractivity contribution in [1.82, 2.24) is 10.3 Å². The van der Waals surface area contributed by atoms with Gasteiger partial charge in [-0.3, -0.25) is 0 Å². The van der Waals surface area contributed by atoms with E-state index in [0.717, 1.165) is 25.2 Å². The number of aromatic nitrogens is 1. The van der Waals surface area contributed by atoms with E-state index in [1.165, 1.54) is 5.56 Å². The number of hydrogen-bond acceptors (Lipinski definition) is 4. The van der Waals surface area contributed by atoms with Gasteiger partial charge in [0.2, 0.25) is 5.88 Å². The maximum Gasteiger partial charge on any atom is 0.213 e. The Labute approximate surface area is 122 Å². The highest BCUT2D eigenvalue weighted by Gasteiger charge is 2.09. The summed E-state index contributed by atoms with van der Waals surface area (Å²) in [6, 6.07) is 4.13. The van der Waals surface area contributed by atoms with E-state index in [1.807, 2.05) is 26.8 Å². The Morgan fingerprint density at radius 3 is 2.50 bits per heavy atom. The molecule has 0 bridgehead atoms. The molecule has 4 nitrogen and oxygen atoms in total. The molecule has 0 fully saturated rings. The van der Waals surface area contributed by atoms with Crippen molar-refractivity contribution in [3.8, 4) is 5.88 Å². The van der Waals surface area contributed by atoms with Crippen LogP contribution in [0.15, 0.2) is 12.1 Å². The zero-order valence-electron chi connectivity index (χ0n) is 13.5. The molecule has 20 heavy (non-hydrogen) atoms. The molecule has 4 heteroatoms. The molecule has 0 radical (unpaired) electrons. The SMILES string of the molecule is CCNCc1cc(CC)nc(OCCOC(C)(C)C)c1. The van der Waals surface area contributed by atoms with Crippen LogP contribution in [0.1, 0.15) is 45.9 Å². The second kappa shape index (κ2) is 8.22. The summed E-state index contributed by atoms with van der Waals surface area (Å²) in [5.41, 5.74) is 2.15. The van der Waals surface area contributed by atoms with Gasteiger partial charge in [0.15, 0.2) is 0 Å². The maximum atomic E-state index is 5.70. The van der Waals surface area contributed by atoms with Gasteiger partial charge >= 0.3 is 0 Å². The van der Waals surface area contributed by atoms with E-state index in [9.17, 15) is 0 Å². The van der Waals surface area contributed by atoms with Crippen molar-refractivity contribution in [1.29, 1.82) is 0 Å². The highest BCUT2D eigenvalue weighted by Crippen LogP contribution is 2.14. The minimum Gasteiger partial charge on any atom is -0.475 e. The lowest BCUT2D eigenvalue weighted by molar-refractivity contribution is -0.0168. The molecule has 0 amide bonds. The van der Waals surface area contributed by atoms with Crippen LogP contribution in [-0.4, -0.2) is 30.3 Å². The van der Waals surface area contributed by atoms with Gasteiger partial charge in [-0.25, -0.2) is 4.98 Å². The van der Waals surface area contributed by atoms with Crippen molar-refractivity contribution < 1.29 is 9.47 Å². The molecule has 0 unspecified atom stereocenters. The fourth-order valence-electron chi connectivity index (χ4n) is 1.74. The molecule has 0 spiro atoms. The zero-order chi connectivity index (χ0) is 15.0. The van der Waals surface area contributed by atoms with Crippen molar-refractivity contribution in [3.63, 3.8) is 0 Å². The minimum absolute atomic E-state index is 0.127. The van der Waals surface area contributed by atoms with E-state index in [1.54, 1.807) is 0 Å². The van der Waals surface area contributed by atoms with Crippen LogP contribution in [0.25, 0.3) is 0 Å². The third kappa shape index (κ3) is 6.87. The van der Waals surface area contributed by atoms with Crippen LogP contribution in [-0.2, 0) is 17.7 Å². The highest BCUT2D eigenvalue weighted by molar-refractivity contribution is 5.25. The monoisotopic (exact) mass is 280 g/mol. The van der Waals surface area contributed by atoms with Crippen molar-refractivity contribution in [3.05, 3.63) is 23.4 Å². The average molecular weight is 280 g/mol. The fourth-order valence-corrected chi connectivity index (χ4v) is 1.74. The topological polar surface area (TPSA) is 43.4 Å². The molecule has 1 aromatic heterocycles. The van der Waals surface area contributed by atoms with Crippen LogP contribution in [0.5, 0.6) is 5.88 Å². The lowest BCUT2D eigenvalue weighted by atomic mass is 10.2. The van der Waals surface area contributed by atoms with Gasteiger partial charge in [0.25, 0.3) is 0 Å². The molecule has 0 aromatic carbocycles. The van der Waals surface area contributed by atoms with Gasteiger partial charge < -0.3 is 14.8 Å². The lowest BCUT2D eigenvalue weighted by Crippen LogP contribution is -2.22. The Morgan fingerprint density at radius 1 is 1.15 bits per heavy atom. The predicted molar refractivity (Wildman–Crippen MR) is 82.2 cm³/mol. The van der Waals surface area contributed by atoms with Crippen LogP contribution in [0, 0.1) is 0 Å². The Hall–Kier alpha value is -1.13. The number of ether oxygens (including phenoxy) is 2. The van der Waals surface area contributed by atoms with Crippen LogP contribution in [0.3, 0.4) is 0 Å². The van der Waals surface area contributed by atoms with Crippen LogP contribution < -0.4 is 10.1 Å². The first-order chi connectivity index (χ1) is 9.44. The summed E-state index contributed by atoms with van der Waals surface area (Å²) in [5, 5.41) is 3.32. The number of rotatable bonds is 8. The number of nitrogens with zero attached hydrogens (tertiary/aromatic N) is 1. The van der Waals surface area contributed by atoms with Gasteiger partial charge in [-0.2, -0.15) is 0 Å². The van der Waals surface area contributed by atoms with Crippen LogP contribution in [0.4, 0.5) is 0 Å². The second-order valence-corrected chi connectivity index (χ2v) is 5.75. The molecule has 0 aliphatic rings. The van der Waals surface area contributed by atoms with E-state index in [2.05, 4.69) is 30.2 Å². The quantitative estimate of drug-likeness (QED) is 0.744. The first kappa shape index (κ1) is 16.9. The highest BCUT2D eigenvalue weighted by atomic mass is 16.5. The average Bonchev–Trinajstić information content (AvgIpc) is 2.40. The Bertz CT molecular complexity index is 400. The Balaban J connectivity index is 2.55. The zero-order valence-corrected chi connectivity index (χ0v) is 13.5. The molecule has 0 atom stereocenters. The molecule has 114 valence electrons. The second-order valence-electron chi connectivity index (χ2n) is 5.75. The summed E-state index contributed by atoms with van der Waals surface area (Å²) in [6.45, 7) is 13.2. The number of pyridine rings is 1. The normalized spacial score (nSPS) is 11.7. The third-order valence-electron chi connectivity index (χ3n) is 2.72. The number of aryl methyl sites for hydroxylation is 1. The molecule has 0 saturated heterocycles. The van der Waals surface area contributed by atoms with Gasteiger partial charge in [-0.15, -0.1) is 0 Å². The first-order valence-corrected chi connectivity index (χ1v) is 7.42. The van der Waals surface area contributed by atoms with Gasteiger partial charge in [0, 0.05) is 18.3 Å². The molecule has 1 aromatic rings. The standard InChI is InChI=1S/C16H28N2O2/c1-6-14-10-13(12-17-7-2)11-15(18-14)19-8-9-20-16(3,4)5/h10-11,17H,6-9,12H2,1-5H3. The minimum atomic E-state index is -0.127. The molecule has 1 rings (SSSR count). The van der Waals surface area contributed by atoms with E-state index < -0.39 is 0 Å². The molecule has 0 aliphatic heterocycles. The predicted octanol–water partition coefficient (Wildman–Crippen LogP) is 2.95. The summed E-state index contributed by atoms with van der Waals surface area (Å²) in [5.74, 6) is 0.690. The maximum absolute atomic E-state index is 5.70. The van der Waals surface area contributed by atoms with Gasteiger partial charge in [-0.1, -0.05) is 13.8 Å². The Kier molecular flexibility index (Phi) is 6.96. The molecule has 1 N–H and O–H groups in total. The number of nitrogens with one attached hydrogen (secondary N) is 1. The van der Waals surface area contributed by atoms with E-state index in [4.69, 9.17) is 9.47 Å². The molecular formula is C16H28N2O2. The molecule has 1 heterocycles. The summed E-state index contributed by atoms with van der Waals surface area (Å²) >= 11 is 0. The molecular weight excluding hydrogens is 252 g/mol. The van der Waals surface area contributed by atoms with E-state index in [0.29, 0.717) is 19.1 Å². The summed E-state index contributed by atoms with van der Waals surface area (Å²) in [7, 11) is 0. The largest absolute Gasteiger partial charge is 0.475 e. The third-order valence-corrected chi connectivity index (χ3v) is 2.72. The van der Waals surface area contributed by atoms with Crippen LogP contribution >= 0.6 is 0 Å². The summed E-state index contributed by atoms with van der Waals surface area (Å²) in [6.07, 6.45) is 0.912. The lowest BCUT2D eigenvalue weighted by Gasteiger charge is -2.19. The van der Waals surface area contributed by atoms with Gasteiger partial charge in [0.1, 0.15) is 6.61 Å². The van der Waals surface area contributed by atoms with Crippen molar-refractivity contribution >= 4 is 0 Å². The van der Waals surface area contributed by atoms with Gasteiger partial charge in [0.05, 0.1) is 12.2 Å². The van der Waals surface area contributed by atoms with E-state index >= 15 is 0 Å². The molecule has 0 saturated carbocycles. The fraction of sp³-hybridized carbons (Fsp3) is 0.688. The van der Waals surface area contributed by atoms with Crippen molar-refractivity contribution in [2.75, 3.05) is 19.8 Å². The number of hydrogen-bond donors (Lipinski definition) is 1. The van der Waals surface area contributed by atoms with Crippen LogP contribution in [0.2, 0.25) is 0 Å². The molecule has 0 aliphatic carbocycles. The van der Waals surface area contributed by atoms with Gasteiger partial charge in [-0.05, 0) is 45.4 Å². The van der Waals surface area contributed by atoms with Crippen molar-refractivity contribution in [2.45, 2.75) is 53.2 Å².